The van der Waals surface area contributed by atoms with E-state index >= 15 is 0 Å². The van der Waals surface area contributed by atoms with E-state index in [1.165, 1.54) is 6.08 Å². The van der Waals surface area contributed by atoms with E-state index in [-0.39, 0.29) is 5.91 Å². The zero-order valence-electron chi connectivity index (χ0n) is 10.00. The largest absolute Gasteiger partial charge is 0.322 e. The van der Waals surface area contributed by atoms with Crippen molar-refractivity contribution in [3.8, 4) is 0 Å². The highest BCUT2D eigenvalue weighted by Crippen LogP contribution is 2.07. The van der Waals surface area contributed by atoms with Crippen LogP contribution in [0.5, 0.6) is 0 Å². The molecule has 0 fully saturated rings. The fourth-order valence-electron chi connectivity index (χ4n) is 1.44. The van der Waals surface area contributed by atoms with Crippen molar-refractivity contribution < 1.29 is 4.79 Å². The van der Waals surface area contributed by atoms with E-state index in [4.69, 9.17) is 0 Å². The molecule has 18 heavy (non-hydrogen) atoms. The molecule has 0 aliphatic heterocycles. The number of aryl methyl sites for hydroxylation is 1. The van der Waals surface area contributed by atoms with E-state index in [0.29, 0.717) is 0 Å². The van der Waals surface area contributed by atoms with Gasteiger partial charge < -0.3 is 5.32 Å². The summed E-state index contributed by atoms with van der Waals surface area (Å²) in [6, 6.07) is 9.10. The molecule has 4 heteroatoms. The lowest BCUT2D eigenvalue weighted by Gasteiger charge is -2.01. The Hall–Kier alpha value is -2.49. The minimum Gasteiger partial charge on any atom is -0.322 e. The fraction of sp³-hybridized carbons (Fsp3) is 0.0714. The van der Waals surface area contributed by atoms with Crippen molar-refractivity contribution in [1.82, 2.24) is 9.97 Å². The average Bonchev–Trinajstić information content (AvgIpc) is 2.38. The predicted molar refractivity (Wildman–Crippen MR) is 70.9 cm³/mol. The first-order valence-electron chi connectivity index (χ1n) is 5.57. The molecule has 2 aromatic heterocycles. The minimum absolute atomic E-state index is 0.189. The molecule has 0 bridgehead atoms. The summed E-state index contributed by atoms with van der Waals surface area (Å²) < 4.78 is 0. The summed E-state index contributed by atoms with van der Waals surface area (Å²) in [5, 5.41) is 2.76. The molecule has 0 radical (unpaired) electrons. The van der Waals surface area contributed by atoms with Gasteiger partial charge in [-0.15, -0.1) is 0 Å². The Kier molecular flexibility index (Phi) is 3.81. The zero-order valence-corrected chi connectivity index (χ0v) is 10.00. The van der Waals surface area contributed by atoms with E-state index < -0.39 is 0 Å². The Balaban J connectivity index is 1.99. The first-order valence-corrected chi connectivity index (χ1v) is 5.57. The zero-order chi connectivity index (χ0) is 12.8. The highest BCUT2D eigenvalue weighted by atomic mass is 16.1. The van der Waals surface area contributed by atoms with Gasteiger partial charge in [-0.2, -0.15) is 0 Å². The number of pyridine rings is 2. The van der Waals surface area contributed by atoms with Crippen molar-refractivity contribution >= 4 is 17.7 Å². The van der Waals surface area contributed by atoms with Crippen LogP contribution in [0, 0.1) is 6.92 Å². The van der Waals surface area contributed by atoms with Gasteiger partial charge in [0.25, 0.3) is 0 Å². The van der Waals surface area contributed by atoms with E-state index in [2.05, 4.69) is 15.3 Å². The highest BCUT2D eigenvalue weighted by Gasteiger charge is 1.98. The molecule has 0 aliphatic carbocycles. The van der Waals surface area contributed by atoms with Gasteiger partial charge in [-0.05, 0) is 37.3 Å². The molecule has 0 unspecified atom stereocenters. The maximum absolute atomic E-state index is 11.7. The number of rotatable bonds is 3. The summed E-state index contributed by atoms with van der Waals surface area (Å²) in [5.41, 5.74) is 2.35. The first kappa shape index (κ1) is 12.0. The maximum Gasteiger partial charge on any atom is 0.248 e. The summed E-state index contributed by atoms with van der Waals surface area (Å²) in [7, 11) is 0. The number of anilines is 1. The second-order valence-electron chi connectivity index (χ2n) is 3.76. The van der Waals surface area contributed by atoms with Gasteiger partial charge in [-0.3, -0.25) is 14.8 Å². The molecule has 0 aromatic carbocycles. The number of nitrogens with zero attached hydrogens (tertiary/aromatic N) is 2. The van der Waals surface area contributed by atoms with Crippen LogP contribution in [0.1, 0.15) is 11.4 Å². The van der Waals surface area contributed by atoms with Crippen LogP contribution < -0.4 is 5.32 Å². The molecule has 2 aromatic rings. The average molecular weight is 239 g/mol. The van der Waals surface area contributed by atoms with Crippen molar-refractivity contribution in [2.75, 3.05) is 5.32 Å². The molecule has 1 amide bonds. The van der Waals surface area contributed by atoms with Crippen molar-refractivity contribution in [3.63, 3.8) is 0 Å². The molecule has 2 heterocycles. The third-order valence-corrected chi connectivity index (χ3v) is 2.26. The van der Waals surface area contributed by atoms with Crippen LogP contribution in [0.25, 0.3) is 6.08 Å². The summed E-state index contributed by atoms with van der Waals surface area (Å²) >= 11 is 0. The van der Waals surface area contributed by atoms with E-state index in [0.717, 1.165) is 17.1 Å². The Morgan fingerprint density at radius 2 is 2.11 bits per heavy atom. The van der Waals surface area contributed by atoms with Crippen molar-refractivity contribution in [2.45, 2.75) is 6.92 Å². The second-order valence-corrected chi connectivity index (χ2v) is 3.76. The lowest BCUT2D eigenvalue weighted by atomic mass is 10.3. The van der Waals surface area contributed by atoms with Gasteiger partial charge in [0.05, 0.1) is 5.69 Å². The molecule has 0 spiro atoms. The summed E-state index contributed by atoms with van der Waals surface area (Å²) in [4.78, 5) is 19.8. The lowest BCUT2D eigenvalue weighted by molar-refractivity contribution is -0.111. The van der Waals surface area contributed by atoms with Gasteiger partial charge in [0.1, 0.15) is 0 Å². The standard InChI is InChI=1S/C14H13N3O/c1-11-10-13(7-9-15-11)17-14(18)6-5-12-4-2-3-8-16-12/h2-10H,1H3,(H,15,17,18)/b6-5+. The van der Waals surface area contributed by atoms with E-state index in [1.807, 2.05) is 31.2 Å². The van der Waals surface area contributed by atoms with Crippen LogP contribution in [0.15, 0.2) is 48.8 Å². The molecule has 90 valence electrons. The van der Waals surface area contributed by atoms with Crippen LogP contribution >= 0.6 is 0 Å². The number of nitrogens with one attached hydrogen (secondary N) is 1. The van der Waals surface area contributed by atoms with Crippen LogP contribution in [0.4, 0.5) is 5.69 Å². The van der Waals surface area contributed by atoms with E-state index in [9.17, 15) is 4.79 Å². The fourth-order valence-corrected chi connectivity index (χ4v) is 1.44. The maximum atomic E-state index is 11.7. The minimum atomic E-state index is -0.189. The van der Waals surface area contributed by atoms with Gasteiger partial charge in [-0.1, -0.05) is 6.07 Å². The monoisotopic (exact) mass is 239 g/mol. The van der Waals surface area contributed by atoms with Gasteiger partial charge in [0.15, 0.2) is 0 Å². The first-order chi connectivity index (χ1) is 8.74. The Labute approximate surface area is 105 Å². The number of aromatic nitrogens is 2. The number of hydrogen-bond acceptors (Lipinski definition) is 3. The van der Waals surface area contributed by atoms with Gasteiger partial charge in [0, 0.05) is 29.9 Å². The van der Waals surface area contributed by atoms with Crippen molar-refractivity contribution in [3.05, 3.63) is 60.2 Å². The SMILES string of the molecule is Cc1cc(NC(=O)/C=C/c2ccccn2)ccn1. The number of carbonyl (C=O) groups is 1. The van der Waals surface area contributed by atoms with Gasteiger partial charge in [0.2, 0.25) is 5.91 Å². The molecule has 0 aliphatic rings. The van der Waals surface area contributed by atoms with Crippen molar-refractivity contribution in [1.29, 1.82) is 0 Å². The molecule has 0 saturated carbocycles. The molecule has 0 saturated heterocycles. The third kappa shape index (κ3) is 3.52. The molecule has 1 N–H and O–H groups in total. The normalized spacial score (nSPS) is 10.5. The van der Waals surface area contributed by atoms with Crippen molar-refractivity contribution in [2.24, 2.45) is 0 Å². The Morgan fingerprint density at radius 3 is 2.83 bits per heavy atom. The van der Waals surface area contributed by atoms with Crippen LogP contribution in [-0.4, -0.2) is 15.9 Å². The molecule has 2 rings (SSSR count). The second kappa shape index (κ2) is 5.72. The Morgan fingerprint density at radius 1 is 1.22 bits per heavy atom. The van der Waals surface area contributed by atoms with Gasteiger partial charge in [-0.25, -0.2) is 0 Å². The molecular weight excluding hydrogens is 226 g/mol. The number of carbonyl (C=O) groups excluding carboxylic acids is 1. The summed E-state index contributed by atoms with van der Waals surface area (Å²) in [6.45, 7) is 1.87. The Bertz CT molecular complexity index is 564. The van der Waals surface area contributed by atoms with Gasteiger partial charge >= 0.3 is 0 Å². The smallest absolute Gasteiger partial charge is 0.248 e. The number of amides is 1. The third-order valence-electron chi connectivity index (χ3n) is 2.26. The highest BCUT2D eigenvalue weighted by molar-refractivity contribution is 6.01. The molecule has 0 atom stereocenters. The summed E-state index contributed by atoms with van der Waals surface area (Å²) in [5.74, 6) is -0.189. The number of hydrogen-bond donors (Lipinski definition) is 1. The van der Waals surface area contributed by atoms with E-state index in [1.54, 1.807) is 24.5 Å². The van der Waals surface area contributed by atoms with Crippen LogP contribution in [0.2, 0.25) is 0 Å². The summed E-state index contributed by atoms with van der Waals surface area (Å²) in [6.07, 6.45) is 6.47. The predicted octanol–water partition coefficient (Wildman–Crippen LogP) is 2.44. The quantitative estimate of drug-likeness (QED) is 0.837. The lowest BCUT2D eigenvalue weighted by Crippen LogP contribution is -2.07. The topological polar surface area (TPSA) is 54.9 Å². The molecular formula is C14H13N3O. The van der Waals surface area contributed by atoms with Crippen LogP contribution in [-0.2, 0) is 4.79 Å². The molecule has 4 nitrogen and oxygen atoms in total. The van der Waals surface area contributed by atoms with Crippen LogP contribution in [0.3, 0.4) is 0 Å².